The lowest BCUT2D eigenvalue weighted by Crippen LogP contribution is -2.09. The van der Waals surface area contributed by atoms with Gasteiger partial charge in [-0.3, -0.25) is 0 Å². The van der Waals surface area contributed by atoms with Crippen molar-refractivity contribution in [1.82, 2.24) is 0 Å². The Kier molecular flexibility index (Phi) is 9.89. The second-order valence-corrected chi connectivity index (χ2v) is 16.9. The number of anilines is 3. The summed E-state index contributed by atoms with van der Waals surface area (Å²) in [5, 5.41) is 6.19. The Morgan fingerprint density at radius 3 is 1.27 bits per heavy atom. The maximum absolute atomic E-state index is 6.56. The van der Waals surface area contributed by atoms with Gasteiger partial charge in [-0.2, -0.15) is 0 Å². The maximum atomic E-state index is 6.56. The number of hydrogen-bond acceptors (Lipinski definition) is 2. The van der Waals surface area contributed by atoms with Crippen LogP contribution in [-0.4, -0.2) is 0 Å². The third-order valence-electron chi connectivity index (χ3n) is 12.9. The van der Waals surface area contributed by atoms with E-state index >= 15 is 0 Å². The topological polar surface area (TPSA) is 16.4 Å². The molecule has 0 fully saturated rings. The van der Waals surface area contributed by atoms with Crippen molar-refractivity contribution in [3.05, 3.63) is 261 Å². The molecule has 0 aliphatic heterocycles. The second kappa shape index (κ2) is 16.8. The summed E-state index contributed by atoms with van der Waals surface area (Å²) in [4.78, 5) is 2.34. The molecular weight excluding hydrogens is 799 g/mol. The van der Waals surface area contributed by atoms with Crippen molar-refractivity contribution >= 4 is 49.6 Å². The van der Waals surface area contributed by atoms with Crippen LogP contribution >= 0.6 is 0 Å². The maximum Gasteiger partial charge on any atom is 0.143 e. The van der Waals surface area contributed by atoms with E-state index in [2.05, 4.69) is 254 Å². The molecule has 12 rings (SSSR count). The monoisotopic (exact) mass is 841 g/mol. The molecule has 310 valence electrons. The smallest absolute Gasteiger partial charge is 0.143 e. The Morgan fingerprint density at radius 2 is 0.652 bits per heavy atom. The molecule has 66 heavy (non-hydrogen) atoms. The Bertz CT molecular complexity index is 3650. The number of para-hydroxylation sites is 1. The normalized spacial score (nSPS) is 11.3. The van der Waals surface area contributed by atoms with Gasteiger partial charge in [-0.1, -0.05) is 206 Å². The van der Waals surface area contributed by atoms with Crippen LogP contribution in [0.3, 0.4) is 0 Å². The van der Waals surface area contributed by atoms with E-state index in [0.717, 1.165) is 72.7 Å². The molecule has 2 heteroatoms. The van der Waals surface area contributed by atoms with E-state index in [1.807, 2.05) is 12.1 Å². The van der Waals surface area contributed by atoms with Gasteiger partial charge in [0, 0.05) is 33.6 Å². The summed E-state index contributed by atoms with van der Waals surface area (Å²) in [5.74, 6) is 0.886. The molecule has 0 aliphatic carbocycles. The SMILES string of the molecule is c1ccc(-c2ccc(N(c3ccc(-c4ccc(-c5cccc(-c6oc7ccccc7c6-c6ccccc6)c5)cc4)cc3)c3ccc(-c4ccc5c(ccc6ccccc65)c4)cc3)cc2)cc1. The standard InChI is InChI=1S/C64H43NO/c1-3-12-44(13-4-1)46-28-35-56(36-29-46)65(58-39-32-49(33-40-58)53-34-41-60-54(42-53)27-26-50-14-7-8-19-59(50)60)57-37-30-47(31-38-57)45-22-24-48(25-23-45)52-17-11-18-55(43-52)64-63(51-15-5-2-6-16-51)61-20-9-10-21-62(61)66-64/h1-43H. The molecule has 0 amide bonds. The zero-order valence-electron chi connectivity index (χ0n) is 36.2. The highest BCUT2D eigenvalue weighted by Crippen LogP contribution is 2.43. The molecule has 0 aliphatic rings. The Labute approximate surface area is 384 Å². The Morgan fingerprint density at radius 1 is 0.242 bits per heavy atom. The predicted molar refractivity (Wildman–Crippen MR) is 279 cm³/mol. The molecule has 11 aromatic carbocycles. The summed E-state index contributed by atoms with van der Waals surface area (Å²) >= 11 is 0. The molecule has 12 aromatic rings. The number of furan rings is 1. The van der Waals surface area contributed by atoms with Gasteiger partial charge in [0.05, 0.1) is 0 Å². The highest BCUT2D eigenvalue weighted by Gasteiger charge is 2.19. The fourth-order valence-corrected chi connectivity index (χ4v) is 9.51. The van der Waals surface area contributed by atoms with Crippen LogP contribution in [0.5, 0.6) is 0 Å². The first-order valence-electron chi connectivity index (χ1n) is 22.6. The quantitative estimate of drug-likeness (QED) is 0.135. The van der Waals surface area contributed by atoms with Crippen LogP contribution in [0.25, 0.3) is 99.5 Å². The lowest BCUT2D eigenvalue weighted by molar-refractivity contribution is 0.632. The van der Waals surface area contributed by atoms with Gasteiger partial charge in [0.15, 0.2) is 0 Å². The van der Waals surface area contributed by atoms with E-state index < -0.39 is 0 Å². The Hall–Kier alpha value is -8.72. The third kappa shape index (κ3) is 7.31. The first-order valence-corrected chi connectivity index (χ1v) is 22.6. The van der Waals surface area contributed by atoms with Crippen LogP contribution in [0.1, 0.15) is 0 Å². The van der Waals surface area contributed by atoms with Crippen molar-refractivity contribution in [2.75, 3.05) is 4.90 Å². The summed E-state index contributed by atoms with van der Waals surface area (Å²) in [6.45, 7) is 0. The van der Waals surface area contributed by atoms with Crippen LogP contribution in [0.4, 0.5) is 17.1 Å². The minimum Gasteiger partial charge on any atom is -0.455 e. The molecule has 1 aromatic heterocycles. The zero-order valence-corrected chi connectivity index (χ0v) is 36.2. The van der Waals surface area contributed by atoms with Crippen LogP contribution in [-0.2, 0) is 0 Å². The van der Waals surface area contributed by atoms with Gasteiger partial charge in [-0.15, -0.1) is 0 Å². The summed E-state index contributed by atoms with van der Waals surface area (Å²) in [6.07, 6.45) is 0. The van der Waals surface area contributed by atoms with E-state index in [-0.39, 0.29) is 0 Å². The summed E-state index contributed by atoms with van der Waals surface area (Å²) in [6, 6.07) is 93.6. The molecule has 0 bridgehead atoms. The lowest BCUT2D eigenvalue weighted by Gasteiger charge is -2.26. The van der Waals surface area contributed by atoms with Crippen LogP contribution in [0.15, 0.2) is 265 Å². The average Bonchev–Trinajstić information content (AvgIpc) is 3.80. The molecule has 0 atom stereocenters. The van der Waals surface area contributed by atoms with Gasteiger partial charge in [0.1, 0.15) is 11.3 Å². The number of fused-ring (bicyclic) bond motifs is 4. The molecule has 0 saturated carbocycles. The van der Waals surface area contributed by atoms with Gasteiger partial charge in [0.25, 0.3) is 0 Å². The van der Waals surface area contributed by atoms with E-state index in [9.17, 15) is 0 Å². The van der Waals surface area contributed by atoms with Gasteiger partial charge >= 0.3 is 0 Å². The molecule has 0 unspecified atom stereocenters. The number of nitrogens with zero attached hydrogens (tertiary/aromatic N) is 1. The first-order chi connectivity index (χ1) is 32.7. The van der Waals surface area contributed by atoms with Gasteiger partial charge in [-0.25, -0.2) is 0 Å². The molecule has 0 spiro atoms. The molecule has 2 nitrogen and oxygen atoms in total. The van der Waals surface area contributed by atoms with Gasteiger partial charge < -0.3 is 9.32 Å². The summed E-state index contributed by atoms with van der Waals surface area (Å²) in [5.41, 5.74) is 16.9. The Balaban J connectivity index is 0.844. The van der Waals surface area contributed by atoms with Crippen molar-refractivity contribution in [3.63, 3.8) is 0 Å². The van der Waals surface area contributed by atoms with Gasteiger partial charge in [-0.05, 0) is 126 Å². The number of hydrogen-bond donors (Lipinski definition) is 0. The van der Waals surface area contributed by atoms with E-state index in [1.165, 1.54) is 43.8 Å². The number of benzene rings is 11. The minimum atomic E-state index is 0.886. The second-order valence-electron chi connectivity index (χ2n) is 16.9. The molecule has 0 N–H and O–H groups in total. The van der Waals surface area contributed by atoms with Crippen molar-refractivity contribution in [3.8, 4) is 67.0 Å². The zero-order chi connectivity index (χ0) is 43.8. The largest absolute Gasteiger partial charge is 0.455 e. The van der Waals surface area contributed by atoms with Crippen molar-refractivity contribution in [1.29, 1.82) is 0 Å². The minimum absolute atomic E-state index is 0.886. The summed E-state index contributed by atoms with van der Waals surface area (Å²) < 4.78 is 6.56. The highest BCUT2D eigenvalue weighted by molar-refractivity contribution is 6.08. The fraction of sp³-hybridized carbons (Fsp3) is 0. The average molecular weight is 842 g/mol. The van der Waals surface area contributed by atoms with Crippen LogP contribution in [0.2, 0.25) is 0 Å². The lowest BCUT2D eigenvalue weighted by atomic mass is 9.95. The van der Waals surface area contributed by atoms with E-state index in [1.54, 1.807) is 0 Å². The van der Waals surface area contributed by atoms with Crippen molar-refractivity contribution in [2.45, 2.75) is 0 Å². The van der Waals surface area contributed by atoms with Crippen LogP contribution < -0.4 is 4.90 Å². The van der Waals surface area contributed by atoms with Gasteiger partial charge in [0.2, 0.25) is 0 Å². The van der Waals surface area contributed by atoms with Crippen molar-refractivity contribution in [2.24, 2.45) is 0 Å². The third-order valence-corrected chi connectivity index (χ3v) is 12.9. The molecule has 0 radical (unpaired) electrons. The molecule has 1 heterocycles. The summed E-state index contributed by atoms with van der Waals surface area (Å²) in [7, 11) is 0. The highest BCUT2D eigenvalue weighted by atomic mass is 16.3. The molecule has 0 saturated heterocycles. The van der Waals surface area contributed by atoms with E-state index in [0.29, 0.717) is 0 Å². The first kappa shape index (κ1) is 38.9. The fourth-order valence-electron chi connectivity index (χ4n) is 9.51. The number of rotatable bonds is 9. The van der Waals surface area contributed by atoms with E-state index in [4.69, 9.17) is 4.42 Å². The predicted octanol–water partition coefficient (Wildman–Crippen LogP) is 18.2. The van der Waals surface area contributed by atoms with Crippen LogP contribution in [0, 0.1) is 0 Å². The molecular formula is C64H43NO. The van der Waals surface area contributed by atoms with Crippen molar-refractivity contribution < 1.29 is 4.42 Å².